The Hall–Kier alpha value is -4.39. The number of pyridine rings is 3. The predicted molar refractivity (Wildman–Crippen MR) is 115 cm³/mol. The highest BCUT2D eigenvalue weighted by Gasteiger charge is 2.16. The number of fused-ring (bicyclic) bond motifs is 2. The first-order valence-corrected chi connectivity index (χ1v) is 9.53. The zero-order chi connectivity index (χ0) is 19.9. The highest BCUT2D eigenvalue weighted by molar-refractivity contribution is 5.96. The number of aromatic amines is 2. The van der Waals surface area contributed by atoms with Gasteiger partial charge in [-0.3, -0.25) is 15.1 Å². The molecule has 142 valence electrons. The smallest absolute Gasteiger partial charge is 0.161 e. The van der Waals surface area contributed by atoms with E-state index in [4.69, 9.17) is 9.97 Å². The van der Waals surface area contributed by atoms with E-state index >= 15 is 0 Å². The Morgan fingerprint density at radius 3 is 2.57 bits per heavy atom. The number of hydrogen-bond acceptors (Lipinski definition) is 5. The standard InChI is InChI=1S/C23H15N7/c1-2-12-25-16(7-1)17-9-10-19-21(26-17)22(30-29-19)23-27-18-8-3-6-15(20(18)28-23)14-5-4-11-24-13-14/h1-13H,(H,27,28)(H,29,30). The summed E-state index contributed by atoms with van der Waals surface area (Å²) in [4.78, 5) is 21.7. The van der Waals surface area contributed by atoms with Crippen LogP contribution in [0.1, 0.15) is 0 Å². The van der Waals surface area contributed by atoms with Crippen molar-refractivity contribution in [2.75, 3.05) is 0 Å². The van der Waals surface area contributed by atoms with Crippen LogP contribution in [-0.4, -0.2) is 35.1 Å². The summed E-state index contributed by atoms with van der Waals surface area (Å²) in [6, 6.07) is 19.7. The van der Waals surface area contributed by atoms with E-state index in [1.54, 1.807) is 12.4 Å². The van der Waals surface area contributed by atoms with Gasteiger partial charge >= 0.3 is 0 Å². The first-order valence-electron chi connectivity index (χ1n) is 9.53. The second-order valence-corrected chi connectivity index (χ2v) is 6.91. The Labute approximate surface area is 170 Å². The molecule has 30 heavy (non-hydrogen) atoms. The molecule has 0 spiro atoms. The molecular weight excluding hydrogens is 374 g/mol. The molecule has 0 saturated carbocycles. The van der Waals surface area contributed by atoms with Gasteiger partial charge in [0.1, 0.15) is 5.52 Å². The van der Waals surface area contributed by atoms with Gasteiger partial charge in [-0.1, -0.05) is 24.3 Å². The van der Waals surface area contributed by atoms with E-state index in [9.17, 15) is 0 Å². The van der Waals surface area contributed by atoms with Crippen molar-refractivity contribution in [3.8, 4) is 34.0 Å². The lowest BCUT2D eigenvalue weighted by Crippen LogP contribution is -1.88. The molecule has 0 unspecified atom stereocenters. The van der Waals surface area contributed by atoms with Gasteiger partial charge in [0, 0.05) is 29.7 Å². The summed E-state index contributed by atoms with van der Waals surface area (Å²) in [7, 11) is 0. The van der Waals surface area contributed by atoms with Crippen LogP contribution in [0.2, 0.25) is 0 Å². The fraction of sp³-hybridized carbons (Fsp3) is 0. The molecule has 5 aromatic heterocycles. The fourth-order valence-electron chi connectivity index (χ4n) is 3.62. The van der Waals surface area contributed by atoms with Crippen LogP contribution < -0.4 is 0 Å². The van der Waals surface area contributed by atoms with Crippen molar-refractivity contribution in [2.24, 2.45) is 0 Å². The Morgan fingerprint density at radius 2 is 1.70 bits per heavy atom. The summed E-state index contributed by atoms with van der Waals surface area (Å²) in [5.41, 5.74) is 7.72. The van der Waals surface area contributed by atoms with E-state index in [1.807, 2.05) is 66.9 Å². The number of para-hydroxylation sites is 1. The van der Waals surface area contributed by atoms with Crippen molar-refractivity contribution in [1.82, 2.24) is 35.1 Å². The average molecular weight is 389 g/mol. The van der Waals surface area contributed by atoms with E-state index in [2.05, 4.69) is 25.1 Å². The first kappa shape index (κ1) is 16.6. The monoisotopic (exact) mass is 389 g/mol. The highest BCUT2D eigenvalue weighted by Crippen LogP contribution is 2.31. The van der Waals surface area contributed by atoms with Crippen LogP contribution in [0.5, 0.6) is 0 Å². The van der Waals surface area contributed by atoms with Gasteiger partial charge < -0.3 is 4.98 Å². The van der Waals surface area contributed by atoms with E-state index < -0.39 is 0 Å². The number of nitrogens with one attached hydrogen (secondary N) is 2. The van der Waals surface area contributed by atoms with Crippen LogP contribution in [0.3, 0.4) is 0 Å². The van der Waals surface area contributed by atoms with Crippen molar-refractivity contribution in [3.63, 3.8) is 0 Å². The maximum absolute atomic E-state index is 4.86. The molecule has 7 heteroatoms. The van der Waals surface area contributed by atoms with Gasteiger partial charge in [0.15, 0.2) is 11.5 Å². The molecule has 6 rings (SSSR count). The summed E-state index contributed by atoms with van der Waals surface area (Å²) >= 11 is 0. The topological polar surface area (TPSA) is 96.0 Å². The number of nitrogens with zero attached hydrogens (tertiary/aromatic N) is 5. The molecule has 2 N–H and O–H groups in total. The molecule has 0 aliphatic heterocycles. The third kappa shape index (κ3) is 2.64. The number of benzene rings is 1. The van der Waals surface area contributed by atoms with Crippen molar-refractivity contribution in [1.29, 1.82) is 0 Å². The second kappa shape index (κ2) is 6.59. The minimum atomic E-state index is 0.665. The fourth-order valence-corrected chi connectivity index (χ4v) is 3.62. The number of hydrogen-bond donors (Lipinski definition) is 2. The quantitative estimate of drug-likeness (QED) is 0.460. The Kier molecular flexibility index (Phi) is 3.64. The maximum atomic E-state index is 4.86. The van der Waals surface area contributed by atoms with Gasteiger partial charge in [0.05, 0.1) is 27.9 Å². The zero-order valence-corrected chi connectivity index (χ0v) is 15.7. The molecular formula is C23H15N7. The van der Waals surface area contributed by atoms with Gasteiger partial charge in [-0.05, 0) is 36.4 Å². The molecule has 0 aliphatic rings. The molecule has 0 bridgehead atoms. The summed E-state index contributed by atoms with van der Waals surface area (Å²) in [6.07, 6.45) is 5.37. The van der Waals surface area contributed by atoms with Crippen molar-refractivity contribution in [3.05, 3.63) is 79.3 Å². The molecule has 0 radical (unpaired) electrons. The number of imidazole rings is 1. The molecule has 7 nitrogen and oxygen atoms in total. The van der Waals surface area contributed by atoms with E-state index in [-0.39, 0.29) is 0 Å². The first-order chi connectivity index (χ1) is 14.9. The van der Waals surface area contributed by atoms with E-state index in [0.717, 1.165) is 44.6 Å². The molecule has 0 saturated heterocycles. The van der Waals surface area contributed by atoms with Crippen molar-refractivity contribution >= 4 is 22.1 Å². The Balaban J connectivity index is 1.52. The molecule has 0 amide bonds. The minimum absolute atomic E-state index is 0.665. The van der Waals surface area contributed by atoms with Gasteiger partial charge in [-0.25, -0.2) is 9.97 Å². The van der Waals surface area contributed by atoms with Crippen molar-refractivity contribution in [2.45, 2.75) is 0 Å². The lowest BCUT2D eigenvalue weighted by atomic mass is 10.1. The van der Waals surface area contributed by atoms with Crippen molar-refractivity contribution < 1.29 is 0 Å². The van der Waals surface area contributed by atoms with E-state index in [0.29, 0.717) is 11.5 Å². The van der Waals surface area contributed by atoms with Crippen LogP contribution >= 0.6 is 0 Å². The molecule has 6 aromatic rings. The lowest BCUT2D eigenvalue weighted by Gasteiger charge is -2.01. The second-order valence-electron chi connectivity index (χ2n) is 6.91. The third-order valence-corrected chi connectivity index (χ3v) is 5.04. The SMILES string of the molecule is c1ccc(-c2ccc3[nH]nc(-c4nc5c(-c6cccnc6)cccc5[nH]4)c3n2)nc1. The molecule has 0 fully saturated rings. The summed E-state index contributed by atoms with van der Waals surface area (Å²) in [6.45, 7) is 0. The zero-order valence-electron chi connectivity index (χ0n) is 15.7. The largest absolute Gasteiger partial charge is 0.336 e. The molecule has 5 heterocycles. The Morgan fingerprint density at radius 1 is 0.700 bits per heavy atom. The highest BCUT2D eigenvalue weighted by atomic mass is 15.1. The van der Waals surface area contributed by atoms with Gasteiger partial charge in [0.2, 0.25) is 0 Å². The van der Waals surface area contributed by atoms with Crippen LogP contribution in [0.15, 0.2) is 79.3 Å². The molecule has 0 aliphatic carbocycles. The maximum Gasteiger partial charge on any atom is 0.161 e. The number of H-pyrrole nitrogens is 2. The number of aromatic nitrogens is 7. The van der Waals surface area contributed by atoms with Gasteiger partial charge in [-0.2, -0.15) is 5.10 Å². The normalized spacial score (nSPS) is 11.3. The molecule has 0 atom stereocenters. The van der Waals surface area contributed by atoms with Crippen LogP contribution in [0.25, 0.3) is 56.1 Å². The van der Waals surface area contributed by atoms with E-state index in [1.165, 1.54) is 0 Å². The summed E-state index contributed by atoms with van der Waals surface area (Å²) in [5, 5.41) is 7.54. The number of rotatable bonds is 3. The molecule has 1 aromatic carbocycles. The Bertz CT molecular complexity index is 1480. The summed E-state index contributed by atoms with van der Waals surface area (Å²) in [5.74, 6) is 0.665. The average Bonchev–Trinajstić information content (AvgIpc) is 3.43. The van der Waals surface area contributed by atoms with Crippen LogP contribution in [0, 0.1) is 0 Å². The van der Waals surface area contributed by atoms with Gasteiger partial charge in [-0.15, -0.1) is 0 Å². The third-order valence-electron chi connectivity index (χ3n) is 5.04. The van der Waals surface area contributed by atoms with Crippen LogP contribution in [0.4, 0.5) is 0 Å². The van der Waals surface area contributed by atoms with Crippen LogP contribution in [-0.2, 0) is 0 Å². The summed E-state index contributed by atoms with van der Waals surface area (Å²) < 4.78 is 0. The lowest BCUT2D eigenvalue weighted by molar-refractivity contribution is 1.10. The van der Waals surface area contributed by atoms with Gasteiger partial charge in [0.25, 0.3) is 0 Å². The minimum Gasteiger partial charge on any atom is -0.336 e. The predicted octanol–water partition coefficient (Wildman–Crippen LogP) is 4.63.